The third-order valence-corrected chi connectivity index (χ3v) is 6.40. The number of nitrogens with two attached hydrogens (primary N) is 1. The van der Waals surface area contributed by atoms with Crippen LogP contribution in [0.15, 0.2) is 66.9 Å². The number of nitrogens with zero attached hydrogens (tertiary/aromatic N) is 1. The number of rotatable bonds is 4. The molecule has 3 aromatic rings. The average molecular weight is 420 g/mol. The molecule has 2 aliphatic rings. The van der Waals surface area contributed by atoms with E-state index in [0.717, 1.165) is 29.5 Å². The number of nitrogen functional groups attached to an aromatic ring is 1. The molecule has 5 rings (SSSR count). The minimum Gasteiger partial charge on any atom is -0.384 e. The van der Waals surface area contributed by atoms with Crippen LogP contribution in [0.5, 0.6) is 0 Å². The third kappa shape index (κ3) is 3.44. The fourth-order valence-electron chi connectivity index (χ4n) is 4.78. The predicted molar refractivity (Wildman–Crippen MR) is 118 cm³/mol. The number of halogens is 1. The molecule has 0 unspecified atom stereocenters. The number of benzene rings is 2. The van der Waals surface area contributed by atoms with Crippen molar-refractivity contribution in [2.24, 2.45) is 5.92 Å². The van der Waals surface area contributed by atoms with Gasteiger partial charge in [0.15, 0.2) is 0 Å². The molecule has 4 atom stereocenters. The lowest BCUT2D eigenvalue weighted by Gasteiger charge is -2.27. The zero-order valence-electron chi connectivity index (χ0n) is 16.3. The summed E-state index contributed by atoms with van der Waals surface area (Å²) < 4.78 is 6.10. The fraction of sp³-hybridized carbons (Fsp3) is 0.250. The molecular formula is C24H22ClN3O2. The van der Waals surface area contributed by atoms with Gasteiger partial charge in [-0.25, -0.2) is 4.98 Å². The first kappa shape index (κ1) is 19.1. The Morgan fingerprint density at radius 2 is 1.87 bits per heavy atom. The summed E-state index contributed by atoms with van der Waals surface area (Å²) in [5.41, 5.74) is 9.54. The molecule has 6 heteroatoms. The second-order valence-corrected chi connectivity index (χ2v) is 8.31. The van der Waals surface area contributed by atoms with Crippen molar-refractivity contribution in [2.45, 2.75) is 31.0 Å². The van der Waals surface area contributed by atoms with Gasteiger partial charge in [-0.2, -0.15) is 0 Å². The van der Waals surface area contributed by atoms with Gasteiger partial charge >= 0.3 is 0 Å². The molecule has 2 aliphatic heterocycles. The minimum absolute atomic E-state index is 0.0203. The average Bonchev–Trinajstić information content (AvgIpc) is 3.36. The Labute approximate surface area is 180 Å². The number of amides is 1. The van der Waals surface area contributed by atoms with Crippen LogP contribution in [0.25, 0.3) is 11.1 Å². The summed E-state index contributed by atoms with van der Waals surface area (Å²) in [6.45, 7) is 0. The number of hydrogen-bond acceptors (Lipinski definition) is 4. The minimum atomic E-state index is -0.266. The van der Waals surface area contributed by atoms with Gasteiger partial charge in [0.1, 0.15) is 5.82 Å². The van der Waals surface area contributed by atoms with E-state index >= 15 is 0 Å². The summed E-state index contributed by atoms with van der Waals surface area (Å²) in [5, 5.41) is 3.65. The van der Waals surface area contributed by atoms with Crippen molar-refractivity contribution in [1.29, 1.82) is 0 Å². The second kappa shape index (κ2) is 7.74. The summed E-state index contributed by atoms with van der Waals surface area (Å²) in [6.07, 6.45) is 3.50. The molecule has 3 N–H and O–H groups in total. The number of pyridine rings is 1. The van der Waals surface area contributed by atoms with Crippen LogP contribution >= 0.6 is 11.6 Å². The highest BCUT2D eigenvalue weighted by molar-refractivity contribution is 6.33. The Morgan fingerprint density at radius 1 is 1.07 bits per heavy atom. The molecule has 2 saturated heterocycles. The van der Waals surface area contributed by atoms with E-state index in [1.807, 2.05) is 54.6 Å². The van der Waals surface area contributed by atoms with Gasteiger partial charge < -0.3 is 15.8 Å². The zero-order chi connectivity index (χ0) is 20.7. The van der Waals surface area contributed by atoms with E-state index in [9.17, 15) is 4.79 Å². The topological polar surface area (TPSA) is 77.2 Å². The maximum atomic E-state index is 13.3. The molecule has 2 fully saturated rings. The molecule has 152 valence electrons. The van der Waals surface area contributed by atoms with Crippen LogP contribution in [0.3, 0.4) is 0 Å². The summed E-state index contributed by atoms with van der Waals surface area (Å²) >= 11 is 6.52. The Morgan fingerprint density at radius 3 is 2.63 bits per heavy atom. The molecule has 0 spiro atoms. The van der Waals surface area contributed by atoms with Crippen molar-refractivity contribution in [3.05, 3.63) is 77.4 Å². The molecule has 1 aromatic heterocycles. The lowest BCUT2D eigenvalue weighted by Crippen LogP contribution is -2.36. The van der Waals surface area contributed by atoms with Crippen molar-refractivity contribution in [3.63, 3.8) is 0 Å². The van der Waals surface area contributed by atoms with Crippen molar-refractivity contribution in [2.75, 3.05) is 11.1 Å². The van der Waals surface area contributed by atoms with Gasteiger partial charge in [-0.3, -0.25) is 4.79 Å². The van der Waals surface area contributed by atoms with Gasteiger partial charge in [0, 0.05) is 23.4 Å². The Balaban J connectivity index is 1.39. The number of carbonyl (C=O) groups is 1. The first-order valence-corrected chi connectivity index (χ1v) is 10.5. The molecule has 2 aromatic carbocycles. The van der Waals surface area contributed by atoms with Crippen molar-refractivity contribution >= 4 is 29.0 Å². The van der Waals surface area contributed by atoms with Gasteiger partial charge in [0.05, 0.1) is 23.1 Å². The quantitative estimate of drug-likeness (QED) is 0.631. The second-order valence-electron chi connectivity index (χ2n) is 7.91. The van der Waals surface area contributed by atoms with Crippen LogP contribution in [0.2, 0.25) is 5.02 Å². The summed E-state index contributed by atoms with van der Waals surface area (Å²) in [5.74, 6) is 0.120. The number of carbonyl (C=O) groups excluding carboxylic acids is 1. The first-order chi connectivity index (χ1) is 14.6. The zero-order valence-corrected chi connectivity index (χ0v) is 17.0. The van der Waals surface area contributed by atoms with E-state index in [4.69, 9.17) is 22.1 Å². The Kier molecular flexibility index (Phi) is 4.93. The largest absolute Gasteiger partial charge is 0.384 e. The molecule has 0 radical (unpaired) electrons. The molecule has 1 amide bonds. The van der Waals surface area contributed by atoms with E-state index in [0.29, 0.717) is 16.5 Å². The van der Waals surface area contributed by atoms with Gasteiger partial charge in [0.2, 0.25) is 5.91 Å². The monoisotopic (exact) mass is 419 g/mol. The lowest BCUT2D eigenvalue weighted by atomic mass is 9.75. The molecule has 0 aliphatic carbocycles. The van der Waals surface area contributed by atoms with Gasteiger partial charge in [0.25, 0.3) is 0 Å². The number of aromatic nitrogens is 1. The maximum Gasteiger partial charge on any atom is 0.230 e. The van der Waals surface area contributed by atoms with Crippen molar-refractivity contribution < 1.29 is 9.53 Å². The predicted octanol–water partition coefficient (Wildman–Crippen LogP) is 4.88. The van der Waals surface area contributed by atoms with Gasteiger partial charge in [-0.1, -0.05) is 48.0 Å². The molecule has 30 heavy (non-hydrogen) atoms. The van der Waals surface area contributed by atoms with Crippen LogP contribution in [0.1, 0.15) is 24.3 Å². The van der Waals surface area contributed by atoms with E-state index in [-0.39, 0.29) is 30.0 Å². The Hall–Kier alpha value is -2.89. The fourth-order valence-corrected chi connectivity index (χ4v) is 5.07. The van der Waals surface area contributed by atoms with Crippen LogP contribution in [0.4, 0.5) is 11.5 Å². The van der Waals surface area contributed by atoms with E-state index in [1.165, 1.54) is 0 Å². The van der Waals surface area contributed by atoms with Crippen molar-refractivity contribution in [3.8, 4) is 11.1 Å². The van der Waals surface area contributed by atoms with Crippen LogP contribution in [0, 0.1) is 5.92 Å². The summed E-state index contributed by atoms with van der Waals surface area (Å²) in [4.78, 5) is 17.3. The third-order valence-electron chi connectivity index (χ3n) is 6.09. The normalized spacial score (nSPS) is 24.7. The van der Waals surface area contributed by atoms with Crippen LogP contribution < -0.4 is 11.1 Å². The number of fused-ring (bicyclic) bond motifs is 2. The van der Waals surface area contributed by atoms with Crippen LogP contribution in [-0.2, 0) is 9.53 Å². The van der Waals surface area contributed by atoms with Gasteiger partial charge in [-0.15, -0.1) is 0 Å². The molecular weight excluding hydrogens is 398 g/mol. The lowest BCUT2D eigenvalue weighted by molar-refractivity contribution is -0.121. The van der Waals surface area contributed by atoms with Gasteiger partial charge in [-0.05, 0) is 48.2 Å². The number of nitrogens with one attached hydrogen (secondary N) is 1. The van der Waals surface area contributed by atoms with E-state index < -0.39 is 0 Å². The smallest absolute Gasteiger partial charge is 0.230 e. The van der Waals surface area contributed by atoms with E-state index in [2.05, 4.69) is 10.3 Å². The van der Waals surface area contributed by atoms with Crippen LogP contribution in [-0.4, -0.2) is 23.1 Å². The maximum absolute atomic E-state index is 13.3. The SMILES string of the molecule is Nc1cc([C@@H]2[C@H](C(=O)Nc3ccc(-c4ccccc4)c(Cl)c3)[C@H]3CC[C@@H]2O3)ccn1. The standard InChI is InChI=1S/C24H22ClN3O2/c25-18-13-16(6-7-17(18)14-4-2-1-3-5-14)28-24(29)23-20-9-8-19(30-20)22(23)15-10-11-27-21(26)12-15/h1-7,10-13,19-20,22-23H,8-9H2,(H2,26,27)(H,28,29)/t19-,20+,22-,23+/m0/s1. The molecule has 5 nitrogen and oxygen atoms in total. The number of hydrogen-bond donors (Lipinski definition) is 2. The summed E-state index contributed by atoms with van der Waals surface area (Å²) in [6, 6.07) is 19.3. The molecule has 3 heterocycles. The summed E-state index contributed by atoms with van der Waals surface area (Å²) in [7, 11) is 0. The van der Waals surface area contributed by atoms with Crippen molar-refractivity contribution in [1.82, 2.24) is 4.98 Å². The molecule has 0 saturated carbocycles. The Bertz CT molecular complexity index is 1090. The van der Waals surface area contributed by atoms with E-state index in [1.54, 1.807) is 12.3 Å². The number of anilines is 2. The highest BCUT2D eigenvalue weighted by Crippen LogP contribution is 2.49. The number of ether oxygens (including phenoxy) is 1. The first-order valence-electron chi connectivity index (χ1n) is 10.1. The highest BCUT2D eigenvalue weighted by atomic mass is 35.5. The molecule has 2 bridgehead atoms. The highest BCUT2D eigenvalue weighted by Gasteiger charge is 2.52.